The Morgan fingerprint density at radius 3 is 2.50 bits per heavy atom. The molecule has 0 amide bonds. The van der Waals surface area contributed by atoms with Crippen LogP contribution < -0.4 is 27.1 Å². The van der Waals surface area contributed by atoms with E-state index in [1.54, 1.807) is 32.2 Å². The molecule has 0 radical (unpaired) electrons. The lowest BCUT2D eigenvalue weighted by atomic mass is 10.2. The van der Waals surface area contributed by atoms with Crippen molar-refractivity contribution >= 4 is 17.3 Å². The van der Waals surface area contributed by atoms with Crippen molar-refractivity contribution in [3.05, 3.63) is 34.7 Å². The fourth-order valence-corrected chi connectivity index (χ4v) is 1.34. The minimum atomic E-state index is 0.143. The maximum atomic E-state index is 5.89. The molecule has 1 rings (SSSR count). The summed E-state index contributed by atoms with van der Waals surface area (Å²) in [6.07, 6.45) is 0. The van der Waals surface area contributed by atoms with Gasteiger partial charge in [-0.2, -0.15) is 0 Å². The summed E-state index contributed by atoms with van der Waals surface area (Å²) in [7, 11) is 1.55. The number of anilines is 1. The van der Waals surface area contributed by atoms with E-state index >= 15 is 0 Å². The number of allylic oxidation sites excluding steroid dienone is 1. The molecule has 0 aliphatic rings. The van der Waals surface area contributed by atoms with Gasteiger partial charge in [0.2, 0.25) is 0 Å². The summed E-state index contributed by atoms with van der Waals surface area (Å²) >= 11 is 5.89. The van der Waals surface area contributed by atoms with E-state index in [0.29, 0.717) is 22.2 Å². The summed E-state index contributed by atoms with van der Waals surface area (Å²) < 4.78 is 5.17. The molecular formula is C10H15ClN4O. The molecular weight excluding hydrogens is 228 g/mol. The van der Waals surface area contributed by atoms with Crippen LogP contribution in [0.15, 0.2) is 29.7 Å². The van der Waals surface area contributed by atoms with E-state index in [4.69, 9.17) is 33.6 Å². The number of nitrogens with zero attached hydrogens (tertiary/aromatic N) is 1. The Labute approximate surface area is 99.4 Å². The summed E-state index contributed by atoms with van der Waals surface area (Å²) in [5, 5.41) is 1.88. The number of methoxy groups -OCH3 is 1. The molecule has 0 saturated heterocycles. The Kier molecular flexibility index (Phi) is 3.87. The first kappa shape index (κ1) is 12.5. The van der Waals surface area contributed by atoms with Crippen LogP contribution in [-0.2, 0) is 0 Å². The normalized spacial score (nSPS) is 9.75. The molecule has 0 aliphatic carbocycles. The highest BCUT2D eigenvalue weighted by atomic mass is 35.5. The second-order valence-electron chi connectivity index (χ2n) is 3.23. The van der Waals surface area contributed by atoms with E-state index in [1.807, 2.05) is 0 Å². The van der Waals surface area contributed by atoms with Gasteiger partial charge in [0.1, 0.15) is 17.3 Å². The van der Waals surface area contributed by atoms with Crippen LogP contribution in [-0.4, -0.2) is 7.11 Å². The lowest BCUT2D eigenvalue weighted by Crippen LogP contribution is -2.33. The fraction of sp³-hybridized carbons (Fsp3) is 0.200. The van der Waals surface area contributed by atoms with Gasteiger partial charge in [-0.3, -0.25) is 5.01 Å². The first-order valence-corrected chi connectivity index (χ1v) is 4.95. The van der Waals surface area contributed by atoms with E-state index in [9.17, 15) is 0 Å². The average molecular weight is 243 g/mol. The van der Waals surface area contributed by atoms with Crippen molar-refractivity contribution in [1.82, 2.24) is 0 Å². The molecule has 88 valence electrons. The molecule has 0 fully saturated rings. The lowest BCUT2D eigenvalue weighted by Gasteiger charge is -2.22. The summed E-state index contributed by atoms with van der Waals surface area (Å²) in [5.74, 6) is 6.59. The molecule has 0 bridgehead atoms. The molecule has 6 N–H and O–H groups in total. The second-order valence-corrected chi connectivity index (χ2v) is 3.66. The smallest absolute Gasteiger partial charge is 0.144 e. The molecule has 0 unspecified atom stereocenters. The zero-order valence-corrected chi connectivity index (χ0v) is 9.95. The first-order valence-electron chi connectivity index (χ1n) is 4.57. The molecule has 0 heterocycles. The van der Waals surface area contributed by atoms with Crippen LogP contribution in [0.4, 0.5) is 5.69 Å². The quantitative estimate of drug-likeness (QED) is 0.546. The first-order chi connectivity index (χ1) is 7.47. The van der Waals surface area contributed by atoms with Gasteiger partial charge >= 0.3 is 0 Å². The molecule has 1 aromatic carbocycles. The van der Waals surface area contributed by atoms with Crippen LogP contribution in [0.5, 0.6) is 5.75 Å². The molecule has 6 heteroatoms. The Bertz CT molecular complexity index is 415. The van der Waals surface area contributed by atoms with Crippen molar-refractivity contribution in [2.24, 2.45) is 17.3 Å². The monoisotopic (exact) mass is 242 g/mol. The van der Waals surface area contributed by atoms with Gasteiger partial charge in [0.05, 0.1) is 12.8 Å². The SMILES string of the molecule is COc1ccc(Cl)cc1N(N)C(C)=C(N)N. The van der Waals surface area contributed by atoms with Crippen molar-refractivity contribution in [3.8, 4) is 5.75 Å². The van der Waals surface area contributed by atoms with Crippen molar-refractivity contribution in [2.75, 3.05) is 12.1 Å². The molecule has 0 aromatic heterocycles. The number of benzene rings is 1. The maximum absolute atomic E-state index is 5.89. The Morgan fingerprint density at radius 1 is 1.38 bits per heavy atom. The minimum Gasteiger partial charge on any atom is -0.495 e. The minimum absolute atomic E-state index is 0.143. The van der Waals surface area contributed by atoms with Gasteiger partial charge in [-0.1, -0.05) is 11.6 Å². The van der Waals surface area contributed by atoms with Gasteiger partial charge in [-0.05, 0) is 25.1 Å². The average Bonchev–Trinajstić information content (AvgIpc) is 2.26. The van der Waals surface area contributed by atoms with E-state index in [-0.39, 0.29) is 5.82 Å². The fourth-order valence-electron chi connectivity index (χ4n) is 1.17. The molecule has 5 nitrogen and oxygen atoms in total. The summed E-state index contributed by atoms with van der Waals surface area (Å²) in [6, 6.07) is 5.10. The third-order valence-electron chi connectivity index (χ3n) is 2.18. The Hall–Kier alpha value is -1.59. The molecule has 1 aromatic rings. The highest BCUT2D eigenvalue weighted by Gasteiger charge is 2.12. The number of ether oxygens (including phenoxy) is 1. The van der Waals surface area contributed by atoms with Crippen LogP contribution >= 0.6 is 11.6 Å². The Morgan fingerprint density at radius 2 is 2.00 bits per heavy atom. The molecule has 0 atom stereocenters. The molecule has 0 aliphatic heterocycles. The van der Waals surface area contributed by atoms with Crippen LogP contribution in [0.2, 0.25) is 5.02 Å². The number of rotatable bonds is 3. The largest absolute Gasteiger partial charge is 0.495 e. The van der Waals surface area contributed by atoms with Gasteiger partial charge in [-0.25, -0.2) is 5.84 Å². The predicted octanol–water partition coefficient (Wildman–Crippen LogP) is 1.14. The highest BCUT2D eigenvalue weighted by molar-refractivity contribution is 6.30. The van der Waals surface area contributed by atoms with E-state index in [2.05, 4.69) is 0 Å². The Balaban J connectivity index is 3.21. The van der Waals surface area contributed by atoms with Crippen molar-refractivity contribution in [2.45, 2.75) is 6.92 Å². The van der Waals surface area contributed by atoms with Gasteiger partial charge in [-0.15, -0.1) is 0 Å². The molecule has 0 saturated carbocycles. The van der Waals surface area contributed by atoms with Crippen molar-refractivity contribution in [1.29, 1.82) is 0 Å². The second kappa shape index (κ2) is 4.96. The number of nitrogens with two attached hydrogens (primary N) is 3. The van der Waals surface area contributed by atoms with E-state index < -0.39 is 0 Å². The predicted molar refractivity (Wildman–Crippen MR) is 65.7 cm³/mol. The number of halogens is 1. The van der Waals surface area contributed by atoms with Crippen molar-refractivity contribution < 1.29 is 4.74 Å². The summed E-state index contributed by atoms with van der Waals surface area (Å²) in [5.41, 5.74) is 12.1. The standard InChI is InChI=1S/C10H15ClN4O/c1-6(10(12)13)15(14)8-5-7(11)3-4-9(8)16-2/h3-5H,12-14H2,1-2H3. The van der Waals surface area contributed by atoms with E-state index in [0.717, 1.165) is 0 Å². The van der Waals surface area contributed by atoms with E-state index in [1.165, 1.54) is 5.01 Å². The lowest BCUT2D eigenvalue weighted by molar-refractivity contribution is 0.415. The number of hydrogen-bond donors (Lipinski definition) is 3. The van der Waals surface area contributed by atoms with Crippen molar-refractivity contribution in [3.63, 3.8) is 0 Å². The van der Waals surface area contributed by atoms with Gasteiger partial charge < -0.3 is 16.2 Å². The third-order valence-corrected chi connectivity index (χ3v) is 2.41. The van der Waals surface area contributed by atoms with Gasteiger partial charge in [0, 0.05) is 5.02 Å². The van der Waals surface area contributed by atoms with Crippen LogP contribution in [0.25, 0.3) is 0 Å². The third kappa shape index (κ3) is 2.50. The molecule has 0 spiro atoms. The maximum Gasteiger partial charge on any atom is 0.144 e. The van der Waals surface area contributed by atoms with Gasteiger partial charge in [0.25, 0.3) is 0 Å². The summed E-state index contributed by atoms with van der Waals surface area (Å²) in [6.45, 7) is 1.70. The van der Waals surface area contributed by atoms with Gasteiger partial charge in [0.15, 0.2) is 0 Å². The zero-order valence-electron chi connectivity index (χ0n) is 9.20. The molecule has 16 heavy (non-hydrogen) atoms. The zero-order chi connectivity index (χ0) is 12.3. The van der Waals surface area contributed by atoms with Crippen LogP contribution in [0.3, 0.4) is 0 Å². The van der Waals surface area contributed by atoms with Crippen LogP contribution in [0.1, 0.15) is 6.92 Å². The highest BCUT2D eigenvalue weighted by Crippen LogP contribution is 2.31. The number of hydrogen-bond acceptors (Lipinski definition) is 5. The topological polar surface area (TPSA) is 90.5 Å². The number of hydrazine groups is 1. The summed E-state index contributed by atoms with van der Waals surface area (Å²) in [4.78, 5) is 0. The van der Waals surface area contributed by atoms with Crippen LogP contribution in [0, 0.1) is 0 Å².